The summed E-state index contributed by atoms with van der Waals surface area (Å²) in [7, 11) is 0. The Hall–Kier alpha value is -1.11. The first-order valence-corrected chi connectivity index (χ1v) is 6.95. The van der Waals surface area contributed by atoms with E-state index in [2.05, 4.69) is 26.6 Å². The highest BCUT2D eigenvalue weighted by atomic mass is 79.9. The van der Waals surface area contributed by atoms with E-state index in [9.17, 15) is 9.90 Å². The van der Waals surface area contributed by atoms with Crippen molar-refractivity contribution >= 4 is 21.8 Å². The molecule has 1 aromatic carbocycles. The van der Waals surface area contributed by atoms with E-state index < -0.39 is 6.10 Å². The van der Waals surface area contributed by atoms with Gasteiger partial charge in [0.25, 0.3) is 0 Å². The molecule has 0 aromatic heterocycles. The lowest BCUT2D eigenvalue weighted by molar-refractivity contribution is -0.120. The second kappa shape index (κ2) is 8.90. The predicted octanol–water partition coefficient (Wildman–Crippen LogP) is 0.915. The monoisotopic (exact) mass is 330 g/mol. The molecule has 0 heterocycles. The molecule has 5 nitrogen and oxygen atoms in total. The van der Waals surface area contributed by atoms with Gasteiger partial charge in [0.1, 0.15) is 18.5 Å². The zero-order valence-electron chi connectivity index (χ0n) is 10.9. The van der Waals surface area contributed by atoms with Gasteiger partial charge in [0.15, 0.2) is 0 Å². The minimum Gasteiger partial charge on any atom is -0.491 e. The zero-order chi connectivity index (χ0) is 14.1. The highest BCUT2D eigenvalue weighted by Gasteiger charge is 2.06. The van der Waals surface area contributed by atoms with Crippen molar-refractivity contribution in [1.82, 2.24) is 10.6 Å². The Morgan fingerprint density at radius 2 is 2.11 bits per heavy atom. The third kappa shape index (κ3) is 7.15. The fraction of sp³-hybridized carbons (Fsp3) is 0.462. The normalized spacial score (nSPS) is 11.9. The molecule has 0 spiro atoms. The number of carbonyl (C=O) groups is 1. The van der Waals surface area contributed by atoms with Crippen LogP contribution in [0.25, 0.3) is 0 Å². The lowest BCUT2D eigenvalue weighted by Gasteiger charge is -2.13. The molecule has 0 bridgehead atoms. The maximum atomic E-state index is 11.1. The molecule has 1 unspecified atom stereocenters. The number of aliphatic hydroxyl groups is 1. The van der Waals surface area contributed by atoms with Gasteiger partial charge in [0, 0.05) is 17.6 Å². The molecule has 0 radical (unpaired) electrons. The van der Waals surface area contributed by atoms with Crippen LogP contribution in [-0.4, -0.2) is 43.4 Å². The van der Waals surface area contributed by atoms with Crippen LogP contribution in [0.5, 0.6) is 5.75 Å². The van der Waals surface area contributed by atoms with Crippen LogP contribution in [0.2, 0.25) is 0 Å². The Morgan fingerprint density at radius 3 is 2.74 bits per heavy atom. The molecule has 1 amide bonds. The SMILES string of the molecule is CCNC(=O)CNCC(O)COc1ccc(Br)cc1. The standard InChI is InChI=1S/C13H19BrN2O3/c1-2-16-13(18)8-15-7-11(17)9-19-12-5-3-10(14)4-6-12/h3-6,11,15,17H,2,7-9H2,1H3,(H,16,18). The number of rotatable bonds is 8. The van der Waals surface area contributed by atoms with Gasteiger partial charge in [-0.3, -0.25) is 4.79 Å². The maximum absolute atomic E-state index is 11.1. The van der Waals surface area contributed by atoms with Crippen LogP contribution in [-0.2, 0) is 4.79 Å². The predicted molar refractivity (Wildman–Crippen MR) is 77.2 cm³/mol. The fourth-order valence-electron chi connectivity index (χ4n) is 1.39. The minimum absolute atomic E-state index is 0.0801. The van der Waals surface area contributed by atoms with E-state index >= 15 is 0 Å². The third-order valence-electron chi connectivity index (χ3n) is 2.30. The summed E-state index contributed by atoms with van der Waals surface area (Å²) in [6.45, 7) is 3.16. The Morgan fingerprint density at radius 1 is 1.42 bits per heavy atom. The van der Waals surface area contributed by atoms with Crippen LogP contribution < -0.4 is 15.4 Å². The lowest BCUT2D eigenvalue weighted by atomic mass is 10.3. The quantitative estimate of drug-likeness (QED) is 0.662. The molecular weight excluding hydrogens is 312 g/mol. The highest BCUT2D eigenvalue weighted by molar-refractivity contribution is 9.10. The molecule has 0 aliphatic carbocycles. The molecule has 1 aromatic rings. The summed E-state index contributed by atoms with van der Waals surface area (Å²) in [6.07, 6.45) is -0.655. The summed E-state index contributed by atoms with van der Waals surface area (Å²) in [5.74, 6) is 0.620. The second-order valence-electron chi connectivity index (χ2n) is 4.00. The first-order valence-electron chi connectivity index (χ1n) is 6.15. The number of halogens is 1. The van der Waals surface area contributed by atoms with Gasteiger partial charge >= 0.3 is 0 Å². The van der Waals surface area contributed by atoms with Crippen LogP contribution in [0, 0.1) is 0 Å². The smallest absolute Gasteiger partial charge is 0.233 e. The number of hydrogen-bond acceptors (Lipinski definition) is 4. The molecular formula is C13H19BrN2O3. The third-order valence-corrected chi connectivity index (χ3v) is 2.82. The average molecular weight is 331 g/mol. The number of ether oxygens (including phenoxy) is 1. The average Bonchev–Trinajstić information content (AvgIpc) is 2.38. The van der Waals surface area contributed by atoms with Gasteiger partial charge in [-0.05, 0) is 31.2 Å². The lowest BCUT2D eigenvalue weighted by Crippen LogP contribution is -2.38. The maximum Gasteiger partial charge on any atom is 0.233 e. The van der Waals surface area contributed by atoms with Gasteiger partial charge < -0.3 is 20.5 Å². The molecule has 3 N–H and O–H groups in total. The number of likely N-dealkylation sites (N-methyl/N-ethyl adjacent to an activating group) is 1. The summed E-state index contributed by atoms with van der Waals surface area (Å²) >= 11 is 3.33. The van der Waals surface area contributed by atoms with Crippen molar-refractivity contribution in [1.29, 1.82) is 0 Å². The van der Waals surface area contributed by atoms with E-state index in [1.54, 1.807) is 0 Å². The van der Waals surface area contributed by atoms with Crippen LogP contribution in [0.3, 0.4) is 0 Å². The Kier molecular flexibility index (Phi) is 7.47. The molecule has 1 rings (SSSR count). The van der Waals surface area contributed by atoms with Gasteiger partial charge in [0.2, 0.25) is 5.91 Å². The van der Waals surface area contributed by atoms with Crippen molar-refractivity contribution in [3.05, 3.63) is 28.7 Å². The molecule has 1 atom stereocenters. The largest absolute Gasteiger partial charge is 0.491 e. The highest BCUT2D eigenvalue weighted by Crippen LogP contribution is 2.16. The van der Waals surface area contributed by atoms with E-state index in [0.29, 0.717) is 18.8 Å². The summed E-state index contributed by atoms with van der Waals surface area (Å²) in [5, 5.41) is 15.2. The first-order chi connectivity index (χ1) is 9.11. The number of nitrogens with one attached hydrogen (secondary N) is 2. The van der Waals surface area contributed by atoms with Crippen molar-refractivity contribution < 1.29 is 14.6 Å². The summed E-state index contributed by atoms with van der Waals surface area (Å²) in [5.41, 5.74) is 0. The second-order valence-corrected chi connectivity index (χ2v) is 4.92. The Balaban J connectivity index is 2.15. The molecule has 0 saturated carbocycles. The van der Waals surface area contributed by atoms with E-state index in [-0.39, 0.29) is 19.1 Å². The number of hydrogen-bond donors (Lipinski definition) is 3. The molecule has 0 fully saturated rings. The number of amides is 1. The van der Waals surface area contributed by atoms with Gasteiger partial charge in [-0.1, -0.05) is 15.9 Å². The van der Waals surface area contributed by atoms with Gasteiger partial charge in [-0.2, -0.15) is 0 Å². The molecule has 6 heteroatoms. The van der Waals surface area contributed by atoms with Gasteiger partial charge in [-0.25, -0.2) is 0 Å². The van der Waals surface area contributed by atoms with Crippen molar-refractivity contribution in [3.8, 4) is 5.75 Å². The van der Waals surface area contributed by atoms with Crippen molar-refractivity contribution in [2.45, 2.75) is 13.0 Å². The summed E-state index contributed by atoms with van der Waals surface area (Å²) in [6, 6.07) is 7.38. The Labute approximate surface area is 121 Å². The topological polar surface area (TPSA) is 70.6 Å². The molecule has 0 aliphatic heterocycles. The number of carbonyl (C=O) groups excluding carboxylic acids is 1. The molecule has 0 saturated heterocycles. The number of benzene rings is 1. The Bertz CT molecular complexity index is 384. The minimum atomic E-state index is -0.655. The van der Waals surface area contributed by atoms with Crippen LogP contribution >= 0.6 is 15.9 Å². The number of aliphatic hydroxyl groups excluding tert-OH is 1. The molecule has 0 aliphatic rings. The summed E-state index contributed by atoms with van der Waals surface area (Å²) in [4.78, 5) is 11.1. The van der Waals surface area contributed by atoms with Gasteiger partial charge in [-0.15, -0.1) is 0 Å². The van der Waals surface area contributed by atoms with Crippen molar-refractivity contribution in [2.24, 2.45) is 0 Å². The van der Waals surface area contributed by atoms with Crippen LogP contribution in [0.4, 0.5) is 0 Å². The van der Waals surface area contributed by atoms with Crippen molar-refractivity contribution in [2.75, 3.05) is 26.2 Å². The van der Waals surface area contributed by atoms with E-state index in [1.807, 2.05) is 31.2 Å². The van der Waals surface area contributed by atoms with E-state index in [0.717, 1.165) is 4.47 Å². The van der Waals surface area contributed by atoms with Gasteiger partial charge in [0.05, 0.1) is 6.54 Å². The summed E-state index contributed by atoms with van der Waals surface area (Å²) < 4.78 is 6.39. The van der Waals surface area contributed by atoms with Crippen LogP contribution in [0.1, 0.15) is 6.92 Å². The van der Waals surface area contributed by atoms with Crippen molar-refractivity contribution in [3.63, 3.8) is 0 Å². The molecule has 19 heavy (non-hydrogen) atoms. The van der Waals surface area contributed by atoms with Crippen LogP contribution in [0.15, 0.2) is 28.7 Å². The first kappa shape index (κ1) is 15.9. The van der Waals surface area contributed by atoms with E-state index in [1.165, 1.54) is 0 Å². The molecule has 106 valence electrons. The fourth-order valence-corrected chi connectivity index (χ4v) is 1.66. The zero-order valence-corrected chi connectivity index (χ0v) is 12.4. The van der Waals surface area contributed by atoms with E-state index in [4.69, 9.17) is 4.74 Å².